The molecule has 1 atom stereocenters. The number of allylic oxidation sites excluding steroid dienone is 12. The summed E-state index contributed by atoms with van der Waals surface area (Å²) in [5, 5.41) is 0. The molecule has 0 fully saturated rings. The van der Waals surface area contributed by atoms with Gasteiger partial charge in [0.1, 0.15) is 13.2 Å². The van der Waals surface area contributed by atoms with Crippen LogP contribution in [0.15, 0.2) is 72.9 Å². The van der Waals surface area contributed by atoms with Crippen molar-refractivity contribution in [3.05, 3.63) is 72.9 Å². The largest absolute Gasteiger partial charge is 0.462 e. The molecule has 404 valence electrons. The molecule has 0 heterocycles. The van der Waals surface area contributed by atoms with Crippen LogP contribution in [0.4, 0.5) is 0 Å². The maximum atomic E-state index is 12.9. The molecule has 0 aliphatic rings. The van der Waals surface area contributed by atoms with Gasteiger partial charge < -0.3 is 14.2 Å². The Labute approximate surface area is 433 Å². The minimum Gasteiger partial charge on any atom is -0.462 e. The van der Waals surface area contributed by atoms with Crippen LogP contribution < -0.4 is 0 Å². The summed E-state index contributed by atoms with van der Waals surface area (Å²) < 4.78 is 16.9. The smallest absolute Gasteiger partial charge is 0.306 e. The van der Waals surface area contributed by atoms with Gasteiger partial charge in [-0.2, -0.15) is 0 Å². The average Bonchev–Trinajstić information content (AvgIpc) is 3.36. The Hall–Kier alpha value is -3.15. The second kappa shape index (κ2) is 58.4. The molecule has 0 bridgehead atoms. The van der Waals surface area contributed by atoms with Gasteiger partial charge in [-0.15, -0.1) is 0 Å². The van der Waals surface area contributed by atoms with E-state index in [2.05, 4.69) is 93.7 Å². The van der Waals surface area contributed by atoms with Crippen LogP contribution in [-0.4, -0.2) is 37.2 Å². The van der Waals surface area contributed by atoms with Crippen molar-refractivity contribution < 1.29 is 28.6 Å². The molecule has 0 aromatic rings. The van der Waals surface area contributed by atoms with Crippen molar-refractivity contribution in [1.82, 2.24) is 0 Å². The monoisotopic (exact) mass is 977 g/mol. The SMILES string of the molecule is CC/C=C\C/C=C\C/C=C\C/C=C\C/C=C\CCCCCC(=O)OCC(COC(=O)CCCCCCCCCCCCCCCCC)OC(=O)CCCCCCCCC/C=C\CCCCCCCCC. The summed E-state index contributed by atoms with van der Waals surface area (Å²) in [7, 11) is 0. The van der Waals surface area contributed by atoms with Crippen LogP contribution in [0.1, 0.15) is 297 Å². The molecule has 0 aromatic heterocycles. The average molecular weight is 978 g/mol. The van der Waals surface area contributed by atoms with Crippen LogP contribution >= 0.6 is 0 Å². The van der Waals surface area contributed by atoms with Gasteiger partial charge in [-0.25, -0.2) is 0 Å². The molecule has 0 spiro atoms. The summed E-state index contributed by atoms with van der Waals surface area (Å²) in [6.45, 7) is 6.52. The van der Waals surface area contributed by atoms with Gasteiger partial charge in [-0.1, -0.05) is 261 Å². The zero-order chi connectivity index (χ0) is 50.7. The normalized spacial score (nSPS) is 12.6. The van der Waals surface area contributed by atoms with Crippen LogP contribution in [0.25, 0.3) is 0 Å². The maximum Gasteiger partial charge on any atom is 0.306 e. The van der Waals surface area contributed by atoms with Crippen LogP contribution in [0, 0.1) is 0 Å². The van der Waals surface area contributed by atoms with Gasteiger partial charge in [0.2, 0.25) is 0 Å². The third-order valence-electron chi connectivity index (χ3n) is 12.9. The fourth-order valence-corrected chi connectivity index (χ4v) is 8.47. The summed E-state index contributed by atoms with van der Waals surface area (Å²) in [6.07, 6.45) is 74.6. The van der Waals surface area contributed by atoms with E-state index in [9.17, 15) is 14.4 Å². The van der Waals surface area contributed by atoms with Crippen molar-refractivity contribution >= 4 is 17.9 Å². The summed E-state index contributed by atoms with van der Waals surface area (Å²) >= 11 is 0. The molecule has 0 amide bonds. The predicted octanol–water partition coefficient (Wildman–Crippen LogP) is 20.2. The second-order valence-electron chi connectivity index (χ2n) is 19.9. The van der Waals surface area contributed by atoms with E-state index in [4.69, 9.17) is 14.2 Å². The van der Waals surface area contributed by atoms with Gasteiger partial charge in [0.05, 0.1) is 0 Å². The fraction of sp³-hybridized carbons (Fsp3) is 0.766. The molecular formula is C64H112O6. The Balaban J connectivity index is 4.43. The van der Waals surface area contributed by atoms with E-state index >= 15 is 0 Å². The first-order chi connectivity index (χ1) is 34.5. The van der Waals surface area contributed by atoms with E-state index in [0.29, 0.717) is 19.3 Å². The Kier molecular flexibility index (Phi) is 55.8. The van der Waals surface area contributed by atoms with E-state index < -0.39 is 6.10 Å². The van der Waals surface area contributed by atoms with Gasteiger partial charge in [0.25, 0.3) is 0 Å². The Morgan fingerprint density at radius 2 is 0.557 bits per heavy atom. The lowest BCUT2D eigenvalue weighted by atomic mass is 10.0. The van der Waals surface area contributed by atoms with Gasteiger partial charge in [0, 0.05) is 19.3 Å². The predicted molar refractivity (Wildman–Crippen MR) is 302 cm³/mol. The third-order valence-corrected chi connectivity index (χ3v) is 12.9. The molecule has 70 heavy (non-hydrogen) atoms. The number of ether oxygens (including phenoxy) is 3. The van der Waals surface area contributed by atoms with Crippen molar-refractivity contribution in [1.29, 1.82) is 0 Å². The van der Waals surface area contributed by atoms with Gasteiger partial charge >= 0.3 is 17.9 Å². The topological polar surface area (TPSA) is 78.9 Å². The van der Waals surface area contributed by atoms with E-state index in [-0.39, 0.29) is 31.1 Å². The first-order valence-electron chi connectivity index (χ1n) is 29.9. The number of rotatable bonds is 54. The van der Waals surface area contributed by atoms with Crippen molar-refractivity contribution in [3.63, 3.8) is 0 Å². The van der Waals surface area contributed by atoms with Crippen molar-refractivity contribution in [2.24, 2.45) is 0 Å². The molecule has 1 unspecified atom stereocenters. The Morgan fingerprint density at radius 1 is 0.300 bits per heavy atom. The molecular weight excluding hydrogens is 865 g/mol. The molecule has 0 rings (SSSR count). The lowest BCUT2D eigenvalue weighted by molar-refractivity contribution is -0.167. The Bertz CT molecular complexity index is 1310. The van der Waals surface area contributed by atoms with E-state index in [1.807, 2.05) is 0 Å². The van der Waals surface area contributed by atoms with Crippen LogP contribution in [0.3, 0.4) is 0 Å². The van der Waals surface area contributed by atoms with Gasteiger partial charge in [-0.05, 0) is 89.9 Å². The minimum absolute atomic E-state index is 0.0852. The highest BCUT2D eigenvalue weighted by Gasteiger charge is 2.19. The molecule has 0 aliphatic heterocycles. The minimum atomic E-state index is -0.790. The summed E-state index contributed by atoms with van der Waals surface area (Å²) in [5.74, 6) is -0.911. The molecule has 0 N–H and O–H groups in total. The van der Waals surface area contributed by atoms with Gasteiger partial charge in [0.15, 0.2) is 6.10 Å². The number of esters is 3. The molecule has 0 aliphatic carbocycles. The molecule has 0 saturated heterocycles. The third kappa shape index (κ3) is 55.8. The van der Waals surface area contributed by atoms with E-state index in [1.54, 1.807) is 0 Å². The highest BCUT2D eigenvalue weighted by atomic mass is 16.6. The first kappa shape index (κ1) is 66.9. The lowest BCUT2D eigenvalue weighted by Gasteiger charge is -2.18. The number of carbonyl (C=O) groups excluding carboxylic acids is 3. The number of hydrogen-bond acceptors (Lipinski definition) is 6. The zero-order valence-corrected chi connectivity index (χ0v) is 46.3. The number of carbonyl (C=O) groups is 3. The summed E-state index contributed by atoms with van der Waals surface area (Å²) in [4.78, 5) is 38.2. The van der Waals surface area contributed by atoms with Crippen molar-refractivity contribution in [2.75, 3.05) is 13.2 Å². The zero-order valence-electron chi connectivity index (χ0n) is 46.3. The number of unbranched alkanes of at least 4 members (excludes halogenated alkanes) is 31. The quantitative estimate of drug-likeness (QED) is 0.0261. The van der Waals surface area contributed by atoms with Crippen molar-refractivity contribution in [2.45, 2.75) is 303 Å². The highest BCUT2D eigenvalue weighted by Crippen LogP contribution is 2.16. The van der Waals surface area contributed by atoms with Crippen LogP contribution in [0.5, 0.6) is 0 Å². The van der Waals surface area contributed by atoms with Gasteiger partial charge in [-0.3, -0.25) is 14.4 Å². The molecule has 0 radical (unpaired) electrons. The standard InChI is InChI=1S/C64H112O6/c1-4-7-10-13-16-19-22-25-28-30-32-34-36-39-42-45-48-51-54-57-63(66)69-60-61(59-68-62(65)56-53-50-47-44-41-38-35-27-24-21-18-15-12-9-6-3)70-64(67)58-55-52-49-46-43-40-37-33-31-29-26-23-20-17-14-11-8-5-2/h7,10,16,19,25,28-29,31-32,34,39,42,61H,4-6,8-9,11-15,17-18,20-24,26-27,30,33,35-38,40-41,43-60H2,1-3H3/b10-7-,19-16-,28-25-,31-29-,34-32-,42-39-. The molecule has 6 nitrogen and oxygen atoms in total. The van der Waals surface area contributed by atoms with Crippen LogP contribution in [0.2, 0.25) is 0 Å². The number of hydrogen-bond donors (Lipinski definition) is 0. The van der Waals surface area contributed by atoms with E-state index in [1.165, 1.54) is 161 Å². The maximum absolute atomic E-state index is 12.9. The highest BCUT2D eigenvalue weighted by molar-refractivity contribution is 5.71. The fourth-order valence-electron chi connectivity index (χ4n) is 8.47. The summed E-state index contributed by atoms with van der Waals surface area (Å²) in [5.41, 5.74) is 0. The second-order valence-corrected chi connectivity index (χ2v) is 19.9. The molecule has 0 aromatic carbocycles. The van der Waals surface area contributed by atoms with Crippen LogP contribution in [-0.2, 0) is 28.6 Å². The van der Waals surface area contributed by atoms with E-state index in [0.717, 1.165) is 96.3 Å². The molecule has 6 heteroatoms. The summed E-state index contributed by atoms with van der Waals surface area (Å²) in [6, 6.07) is 0. The van der Waals surface area contributed by atoms with Crippen molar-refractivity contribution in [3.8, 4) is 0 Å². The first-order valence-corrected chi connectivity index (χ1v) is 29.9. The lowest BCUT2D eigenvalue weighted by Crippen LogP contribution is -2.30. The molecule has 0 saturated carbocycles. The Morgan fingerprint density at radius 3 is 0.900 bits per heavy atom.